The summed E-state index contributed by atoms with van der Waals surface area (Å²) in [4.78, 5) is 8.08. The number of rotatable bonds is 7. The van der Waals surface area contributed by atoms with Crippen molar-refractivity contribution in [3.63, 3.8) is 0 Å². The summed E-state index contributed by atoms with van der Waals surface area (Å²) in [5, 5.41) is 14.0. The molecule has 0 saturated heterocycles. The van der Waals surface area contributed by atoms with Gasteiger partial charge < -0.3 is 26.3 Å². The van der Waals surface area contributed by atoms with Gasteiger partial charge in [0.1, 0.15) is 5.82 Å². The topological polar surface area (TPSA) is 76.8 Å². The van der Waals surface area contributed by atoms with Gasteiger partial charge in [-0.1, -0.05) is 13.8 Å². The Morgan fingerprint density at radius 1 is 0.862 bits per heavy atom. The third-order valence-electron chi connectivity index (χ3n) is 4.23. The molecule has 0 fully saturated rings. The molecular formula is C21H26N6S2. The summed E-state index contributed by atoms with van der Waals surface area (Å²) in [5.74, 6) is 0.821. The molecular weight excluding hydrogens is 400 g/mol. The molecule has 3 aromatic rings. The molecule has 0 saturated carbocycles. The van der Waals surface area contributed by atoms with Crippen LogP contribution in [-0.4, -0.2) is 33.3 Å². The fraction of sp³-hybridized carbons (Fsp3) is 0.286. The fourth-order valence-corrected chi connectivity index (χ4v) is 3.20. The van der Waals surface area contributed by atoms with Crippen molar-refractivity contribution in [3.05, 3.63) is 42.5 Å². The molecule has 0 amide bonds. The molecule has 0 aliphatic heterocycles. The standard InChI is InChI=1S/C21H26N6S2/c1-3-11-22-20(28)24-15-7-5-14(6-8-15)19-26-17-10-9-16(13-18(17)27-19)25-21(29)23-12-4-2/h5-10,13H,3-4,11-12H2,1-2H3,(H,26,27)(H2,22,24,28)(H2,23,25,29). The summed E-state index contributed by atoms with van der Waals surface area (Å²) < 4.78 is 0. The lowest BCUT2D eigenvalue weighted by Crippen LogP contribution is -2.28. The van der Waals surface area contributed by atoms with E-state index in [1.807, 2.05) is 42.5 Å². The number of H-pyrrole nitrogens is 1. The summed E-state index contributed by atoms with van der Waals surface area (Å²) in [6, 6.07) is 14.0. The number of imidazole rings is 1. The summed E-state index contributed by atoms with van der Waals surface area (Å²) in [7, 11) is 0. The zero-order valence-electron chi connectivity index (χ0n) is 16.6. The summed E-state index contributed by atoms with van der Waals surface area (Å²) in [6.45, 7) is 5.92. The van der Waals surface area contributed by atoms with Gasteiger partial charge in [-0.25, -0.2) is 4.98 Å². The van der Waals surface area contributed by atoms with Crippen LogP contribution >= 0.6 is 24.4 Å². The van der Waals surface area contributed by atoms with Crippen LogP contribution in [0.25, 0.3) is 22.4 Å². The second-order valence-electron chi connectivity index (χ2n) is 6.66. The molecule has 3 rings (SSSR count). The van der Waals surface area contributed by atoms with Gasteiger partial charge in [-0.15, -0.1) is 0 Å². The van der Waals surface area contributed by atoms with E-state index in [0.717, 1.165) is 59.7 Å². The van der Waals surface area contributed by atoms with Crippen molar-refractivity contribution in [1.82, 2.24) is 20.6 Å². The van der Waals surface area contributed by atoms with Crippen molar-refractivity contribution in [1.29, 1.82) is 0 Å². The lowest BCUT2D eigenvalue weighted by Gasteiger charge is -2.09. The summed E-state index contributed by atoms with van der Waals surface area (Å²) >= 11 is 10.6. The second-order valence-corrected chi connectivity index (χ2v) is 7.47. The van der Waals surface area contributed by atoms with E-state index in [9.17, 15) is 0 Å². The van der Waals surface area contributed by atoms with Crippen LogP contribution in [0.4, 0.5) is 11.4 Å². The van der Waals surface area contributed by atoms with Crippen LogP contribution in [-0.2, 0) is 0 Å². The SMILES string of the molecule is CCCNC(=S)Nc1ccc(-c2nc3ccc(NC(=S)NCCC)cc3[nH]2)cc1. The molecule has 2 aromatic carbocycles. The maximum Gasteiger partial charge on any atom is 0.170 e. The highest BCUT2D eigenvalue weighted by Crippen LogP contribution is 2.24. The molecule has 0 radical (unpaired) electrons. The van der Waals surface area contributed by atoms with Crippen LogP contribution in [0.2, 0.25) is 0 Å². The van der Waals surface area contributed by atoms with E-state index in [2.05, 4.69) is 40.1 Å². The highest BCUT2D eigenvalue weighted by Gasteiger charge is 2.07. The number of hydrogen-bond acceptors (Lipinski definition) is 3. The van der Waals surface area contributed by atoms with E-state index < -0.39 is 0 Å². The molecule has 6 nitrogen and oxygen atoms in total. The van der Waals surface area contributed by atoms with Gasteiger partial charge in [-0.2, -0.15) is 0 Å². The highest BCUT2D eigenvalue weighted by atomic mass is 32.1. The first-order valence-electron chi connectivity index (χ1n) is 9.79. The van der Waals surface area contributed by atoms with Crippen molar-refractivity contribution in [3.8, 4) is 11.4 Å². The Hall–Kier alpha value is -2.71. The lowest BCUT2D eigenvalue weighted by molar-refractivity contribution is 0.846. The van der Waals surface area contributed by atoms with Gasteiger partial charge in [0, 0.05) is 30.0 Å². The Balaban J connectivity index is 1.69. The summed E-state index contributed by atoms with van der Waals surface area (Å²) in [5.41, 5.74) is 4.74. The first-order valence-corrected chi connectivity index (χ1v) is 10.6. The average molecular weight is 427 g/mol. The molecule has 0 aliphatic rings. The van der Waals surface area contributed by atoms with Crippen molar-refractivity contribution in [2.24, 2.45) is 0 Å². The Kier molecular flexibility index (Phi) is 7.37. The van der Waals surface area contributed by atoms with Crippen LogP contribution in [0.15, 0.2) is 42.5 Å². The first-order chi connectivity index (χ1) is 14.1. The van der Waals surface area contributed by atoms with Crippen LogP contribution in [0, 0.1) is 0 Å². The maximum atomic E-state index is 5.30. The summed E-state index contributed by atoms with van der Waals surface area (Å²) in [6.07, 6.45) is 2.06. The van der Waals surface area contributed by atoms with Gasteiger partial charge in [0.05, 0.1) is 11.0 Å². The third kappa shape index (κ3) is 5.88. The van der Waals surface area contributed by atoms with E-state index in [1.165, 1.54) is 0 Å². The predicted octanol–water partition coefficient (Wildman–Crippen LogP) is 4.62. The average Bonchev–Trinajstić information content (AvgIpc) is 3.14. The third-order valence-corrected chi connectivity index (χ3v) is 4.72. The van der Waals surface area contributed by atoms with Crippen molar-refractivity contribution in [2.75, 3.05) is 23.7 Å². The molecule has 1 heterocycles. The van der Waals surface area contributed by atoms with Gasteiger partial charge in [-0.3, -0.25) is 0 Å². The van der Waals surface area contributed by atoms with Gasteiger partial charge >= 0.3 is 0 Å². The van der Waals surface area contributed by atoms with Gasteiger partial charge in [0.2, 0.25) is 0 Å². The van der Waals surface area contributed by atoms with Gasteiger partial charge in [0.15, 0.2) is 10.2 Å². The van der Waals surface area contributed by atoms with Crippen molar-refractivity contribution >= 4 is 57.1 Å². The molecule has 0 atom stereocenters. The molecule has 1 aromatic heterocycles. The smallest absolute Gasteiger partial charge is 0.170 e. The molecule has 8 heteroatoms. The van der Waals surface area contributed by atoms with Crippen LogP contribution in [0.3, 0.4) is 0 Å². The van der Waals surface area contributed by atoms with Crippen LogP contribution in [0.1, 0.15) is 26.7 Å². The highest BCUT2D eigenvalue weighted by molar-refractivity contribution is 7.80. The van der Waals surface area contributed by atoms with Gasteiger partial charge in [0.25, 0.3) is 0 Å². The first kappa shape index (κ1) is 21.0. The van der Waals surface area contributed by atoms with Crippen molar-refractivity contribution < 1.29 is 0 Å². The number of nitrogens with zero attached hydrogens (tertiary/aromatic N) is 1. The number of aromatic amines is 1. The fourth-order valence-electron chi connectivity index (χ4n) is 2.76. The van der Waals surface area contributed by atoms with E-state index in [4.69, 9.17) is 29.4 Å². The minimum atomic E-state index is 0.625. The number of nitrogens with one attached hydrogen (secondary N) is 5. The Bertz CT molecular complexity index is 981. The molecule has 0 aliphatic carbocycles. The molecule has 5 N–H and O–H groups in total. The number of anilines is 2. The Morgan fingerprint density at radius 3 is 2.07 bits per heavy atom. The normalized spacial score (nSPS) is 10.6. The van der Waals surface area contributed by atoms with Crippen LogP contribution < -0.4 is 21.3 Å². The zero-order chi connectivity index (χ0) is 20.6. The molecule has 29 heavy (non-hydrogen) atoms. The Morgan fingerprint density at radius 2 is 1.45 bits per heavy atom. The largest absolute Gasteiger partial charge is 0.362 e. The van der Waals surface area contributed by atoms with E-state index in [0.29, 0.717) is 10.2 Å². The number of hydrogen-bond donors (Lipinski definition) is 5. The lowest BCUT2D eigenvalue weighted by atomic mass is 10.2. The van der Waals surface area contributed by atoms with Crippen molar-refractivity contribution in [2.45, 2.75) is 26.7 Å². The second kappa shape index (κ2) is 10.2. The zero-order valence-corrected chi connectivity index (χ0v) is 18.3. The minimum Gasteiger partial charge on any atom is -0.362 e. The van der Waals surface area contributed by atoms with E-state index in [1.54, 1.807) is 0 Å². The van der Waals surface area contributed by atoms with E-state index >= 15 is 0 Å². The van der Waals surface area contributed by atoms with E-state index in [-0.39, 0.29) is 0 Å². The monoisotopic (exact) mass is 426 g/mol. The molecule has 0 spiro atoms. The molecule has 152 valence electrons. The number of benzene rings is 2. The molecule has 0 unspecified atom stereocenters. The number of fused-ring (bicyclic) bond motifs is 1. The predicted molar refractivity (Wildman–Crippen MR) is 131 cm³/mol. The number of aromatic nitrogens is 2. The minimum absolute atomic E-state index is 0.625. The maximum absolute atomic E-state index is 5.30. The Labute approximate surface area is 181 Å². The quantitative estimate of drug-likeness (QED) is 0.353. The van der Waals surface area contributed by atoms with Gasteiger partial charge in [-0.05, 0) is 79.7 Å². The number of thiocarbonyl (C=S) groups is 2. The molecule has 0 bridgehead atoms. The van der Waals surface area contributed by atoms with Crippen LogP contribution in [0.5, 0.6) is 0 Å².